The van der Waals surface area contributed by atoms with Gasteiger partial charge in [-0.25, -0.2) is 4.79 Å². The number of urea groups is 1. The molecule has 1 aliphatic heterocycles. The van der Waals surface area contributed by atoms with E-state index in [9.17, 15) is 9.59 Å². The minimum absolute atomic E-state index is 0.00790. The van der Waals surface area contributed by atoms with Crippen molar-refractivity contribution in [2.75, 3.05) is 31.9 Å². The monoisotopic (exact) mass is 349 g/mol. The Morgan fingerprint density at radius 2 is 1.96 bits per heavy atom. The molecule has 0 unspecified atom stereocenters. The van der Waals surface area contributed by atoms with Gasteiger partial charge in [-0.15, -0.1) is 0 Å². The summed E-state index contributed by atoms with van der Waals surface area (Å²) in [5.74, 6) is 0.901. The van der Waals surface area contributed by atoms with Crippen molar-refractivity contribution in [3.05, 3.63) is 35.4 Å². The summed E-state index contributed by atoms with van der Waals surface area (Å²) < 4.78 is 0. The van der Waals surface area contributed by atoms with Crippen LogP contribution in [0.4, 0.5) is 4.79 Å². The van der Waals surface area contributed by atoms with Crippen LogP contribution in [0.3, 0.4) is 0 Å². The average molecular weight is 350 g/mol. The van der Waals surface area contributed by atoms with Crippen LogP contribution in [0, 0.1) is 6.92 Å². The maximum absolute atomic E-state index is 12.3. The number of aryl methyl sites for hydroxylation is 1. The Morgan fingerprint density at radius 3 is 2.58 bits per heavy atom. The maximum Gasteiger partial charge on any atom is 0.317 e. The van der Waals surface area contributed by atoms with E-state index in [0.29, 0.717) is 31.4 Å². The van der Waals surface area contributed by atoms with Crippen LogP contribution in [0.25, 0.3) is 0 Å². The number of carbonyl (C=O) groups is 2. The van der Waals surface area contributed by atoms with Crippen LogP contribution in [0.15, 0.2) is 24.3 Å². The van der Waals surface area contributed by atoms with E-state index in [-0.39, 0.29) is 18.5 Å². The molecule has 1 aromatic rings. The second-order valence-electron chi connectivity index (χ2n) is 6.37. The molecule has 3 amide bonds. The summed E-state index contributed by atoms with van der Waals surface area (Å²) >= 11 is 1.81. The molecule has 2 rings (SSSR count). The van der Waals surface area contributed by atoms with Crippen LogP contribution in [-0.2, 0) is 11.3 Å². The Hall–Kier alpha value is -1.69. The smallest absolute Gasteiger partial charge is 0.317 e. The molecule has 0 aromatic heterocycles. The van der Waals surface area contributed by atoms with E-state index in [0.717, 1.165) is 11.3 Å². The highest BCUT2D eigenvalue weighted by atomic mass is 32.2. The molecule has 0 spiro atoms. The highest BCUT2D eigenvalue weighted by Gasteiger charge is 2.26. The van der Waals surface area contributed by atoms with E-state index in [2.05, 4.69) is 31.3 Å². The first-order valence-electron chi connectivity index (χ1n) is 8.43. The lowest BCUT2D eigenvalue weighted by Crippen LogP contribution is -2.54. The summed E-state index contributed by atoms with van der Waals surface area (Å²) in [5.41, 5.74) is 2.33. The zero-order chi connectivity index (χ0) is 17.5. The first-order valence-corrected chi connectivity index (χ1v) is 9.48. The van der Waals surface area contributed by atoms with Crippen molar-refractivity contribution >= 4 is 23.7 Å². The zero-order valence-corrected chi connectivity index (χ0v) is 15.6. The average Bonchev–Trinajstić information content (AvgIpc) is 2.55. The Labute approximate surface area is 148 Å². The van der Waals surface area contributed by atoms with E-state index in [1.54, 1.807) is 4.90 Å². The number of nitrogens with zero attached hydrogens (tertiary/aromatic N) is 2. The van der Waals surface area contributed by atoms with Crippen LogP contribution < -0.4 is 5.32 Å². The van der Waals surface area contributed by atoms with Crippen molar-refractivity contribution in [3.8, 4) is 0 Å². The number of rotatable bonds is 6. The summed E-state index contributed by atoms with van der Waals surface area (Å²) in [7, 11) is 0. The van der Waals surface area contributed by atoms with E-state index in [4.69, 9.17) is 0 Å². The Kier molecular flexibility index (Phi) is 6.97. The number of thioether (sulfide) groups is 1. The van der Waals surface area contributed by atoms with Crippen LogP contribution in [-0.4, -0.2) is 58.9 Å². The fourth-order valence-corrected chi connectivity index (χ4v) is 3.22. The van der Waals surface area contributed by atoms with Crippen LogP contribution in [0.2, 0.25) is 0 Å². The van der Waals surface area contributed by atoms with E-state index in [1.165, 1.54) is 5.56 Å². The van der Waals surface area contributed by atoms with Gasteiger partial charge in [0, 0.05) is 31.9 Å². The molecule has 5 nitrogen and oxygen atoms in total. The van der Waals surface area contributed by atoms with Crippen molar-refractivity contribution in [1.82, 2.24) is 15.1 Å². The van der Waals surface area contributed by atoms with Crippen molar-refractivity contribution in [1.29, 1.82) is 0 Å². The Bertz CT molecular complexity index is 560. The van der Waals surface area contributed by atoms with Crippen LogP contribution in [0.5, 0.6) is 0 Å². The highest BCUT2D eigenvalue weighted by Crippen LogP contribution is 2.11. The van der Waals surface area contributed by atoms with Gasteiger partial charge in [-0.1, -0.05) is 43.7 Å². The lowest BCUT2D eigenvalue weighted by molar-refractivity contribution is -0.135. The fraction of sp³-hybridized carbons (Fsp3) is 0.556. The maximum atomic E-state index is 12.3. The largest absolute Gasteiger partial charge is 0.337 e. The summed E-state index contributed by atoms with van der Waals surface area (Å²) in [4.78, 5) is 27.9. The minimum atomic E-state index is -0.136. The van der Waals surface area contributed by atoms with E-state index in [1.807, 2.05) is 35.7 Å². The Morgan fingerprint density at radius 1 is 1.25 bits per heavy atom. The summed E-state index contributed by atoms with van der Waals surface area (Å²) in [6, 6.07) is 8.07. The minimum Gasteiger partial charge on any atom is -0.337 e. The standard InChI is InChI=1S/C18H27N3O2S/c1-14(2)24-11-8-19-18(23)21-10-9-20(17(22)13-21)12-16-6-4-15(3)5-7-16/h4-7,14H,8-13H2,1-3H3,(H,19,23). The number of benzene rings is 1. The van der Waals surface area contributed by atoms with Gasteiger partial charge in [0.2, 0.25) is 5.91 Å². The van der Waals surface area contributed by atoms with Gasteiger partial charge in [0.1, 0.15) is 6.54 Å². The van der Waals surface area contributed by atoms with Gasteiger partial charge >= 0.3 is 6.03 Å². The third-order valence-corrected chi connectivity index (χ3v) is 5.04. The first-order chi connectivity index (χ1) is 11.5. The van der Waals surface area contributed by atoms with Gasteiger partial charge in [-0.2, -0.15) is 11.8 Å². The zero-order valence-electron chi connectivity index (χ0n) is 14.7. The second kappa shape index (κ2) is 8.97. The van der Waals surface area contributed by atoms with Crippen molar-refractivity contribution in [2.24, 2.45) is 0 Å². The summed E-state index contributed by atoms with van der Waals surface area (Å²) in [5, 5.41) is 3.46. The molecule has 1 aliphatic rings. The number of carbonyl (C=O) groups excluding carboxylic acids is 2. The number of amides is 3. The predicted octanol–water partition coefficient (Wildman–Crippen LogP) is 2.49. The first kappa shape index (κ1) is 18.6. The van der Waals surface area contributed by atoms with Crippen LogP contribution >= 0.6 is 11.8 Å². The van der Waals surface area contributed by atoms with E-state index >= 15 is 0 Å². The van der Waals surface area contributed by atoms with Crippen LogP contribution in [0.1, 0.15) is 25.0 Å². The topological polar surface area (TPSA) is 52.6 Å². The quantitative estimate of drug-likeness (QED) is 0.803. The molecule has 1 aromatic carbocycles. The normalized spacial score (nSPS) is 15.1. The van der Waals surface area contributed by atoms with Crippen molar-refractivity contribution in [3.63, 3.8) is 0 Å². The molecule has 0 bridgehead atoms. The molecule has 1 saturated heterocycles. The van der Waals surface area contributed by atoms with E-state index < -0.39 is 0 Å². The molecule has 0 atom stereocenters. The van der Waals surface area contributed by atoms with Gasteiger partial charge in [0.25, 0.3) is 0 Å². The summed E-state index contributed by atoms with van der Waals surface area (Å²) in [6.45, 7) is 8.90. The lowest BCUT2D eigenvalue weighted by atomic mass is 10.1. The fourth-order valence-electron chi connectivity index (χ4n) is 2.53. The number of hydrogen-bond acceptors (Lipinski definition) is 3. The van der Waals surface area contributed by atoms with Gasteiger partial charge in [0.05, 0.1) is 0 Å². The van der Waals surface area contributed by atoms with Crippen molar-refractivity contribution in [2.45, 2.75) is 32.6 Å². The van der Waals surface area contributed by atoms with Gasteiger partial charge in [0.15, 0.2) is 0 Å². The molecule has 1 N–H and O–H groups in total. The lowest BCUT2D eigenvalue weighted by Gasteiger charge is -2.34. The number of hydrogen-bond donors (Lipinski definition) is 1. The SMILES string of the molecule is Cc1ccc(CN2CCN(C(=O)NCCSC(C)C)CC2=O)cc1. The Balaban J connectivity index is 1.76. The molecule has 1 heterocycles. The molecule has 0 aliphatic carbocycles. The molecule has 24 heavy (non-hydrogen) atoms. The number of piperazine rings is 1. The molecule has 0 saturated carbocycles. The molecule has 0 radical (unpaired) electrons. The number of nitrogens with one attached hydrogen (secondary N) is 1. The summed E-state index contributed by atoms with van der Waals surface area (Å²) in [6.07, 6.45) is 0. The predicted molar refractivity (Wildman–Crippen MR) is 99.2 cm³/mol. The molecule has 1 fully saturated rings. The van der Waals surface area contributed by atoms with Gasteiger partial charge in [-0.3, -0.25) is 4.79 Å². The second-order valence-corrected chi connectivity index (χ2v) is 8.06. The van der Waals surface area contributed by atoms with Crippen molar-refractivity contribution < 1.29 is 9.59 Å². The third kappa shape index (κ3) is 5.74. The third-order valence-electron chi connectivity index (χ3n) is 3.93. The molecular weight excluding hydrogens is 322 g/mol. The van der Waals surface area contributed by atoms with Gasteiger partial charge < -0.3 is 15.1 Å². The molecule has 132 valence electrons. The van der Waals surface area contributed by atoms with Gasteiger partial charge in [-0.05, 0) is 17.7 Å². The molecular formula is C18H27N3O2S. The highest BCUT2D eigenvalue weighted by molar-refractivity contribution is 7.99. The molecule has 6 heteroatoms.